The van der Waals surface area contributed by atoms with E-state index in [1.807, 2.05) is 0 Å². The number of rotatable bonds is 7. The number of methoxy groups -OCH3 is 1. The topological polar surface area (TPSA) is 111 Å². The summed E-state index contributed by atoms with van der Waals surface area (Å²) in [5.74, 6) is -1.37. The van der Waals surface area contributed by atoms with Crippen molar-refractivity contribution in [3.8, 4) is 5.75 Å². The van der Waals surface area contributed by atoms with Crippen LogP contribution in [0.25, 0.3) is 17.1 Å². The number of amides is 1. The minimum atomic E-state index is -0.657. The van der Waals surface area contributed by atoms with Crippen LogP contribution in [0, 0.1) is 0 Å². The number of benzene rings is 1. The highest BCUT2D eigenvalue weighted by Gasteiger charge is 2.20. The number of ketones is 1. The molecule has 8 heteroatoms. The van der Waals surface area contributed by atoms with E-state index in [0.29, 0.717) is 29.8 Å². The standard InChI is InChI=1S/C22H21N3O5/c1-25-16-7-4-10-23-19(16)20(27)18(22(25)29)17(26)9-8-14-5-3-6-15(13-14)21(28)24-11-12-30-2/h3-10,13,27H,11-12H2,1-2H3,(H,24,28). The average molecular weight is 407 g/mol. The first-order chi connectivity index (χ1) is 14.4. The second-order valence-corrected chi connectivity index (χ2v) is 6.53. The number of allylic oxidation sites excluding steroid dienone is 1. The summed E-state index contributed by atoms with van der Waals surface area (Å²) in [6, 6.07) is 9.95. The van der Waals surface area contributed by atoms with E-state index < -0.39 is 17.1 Å². The zero-order chi connectivity index (χ0) is 21.7. The number of carbonyl (C=O) groups is 2. The quantitative estimate of drug-likeness (QED) is 0.352. The fourth-order valence-electron chi connectivity index (χ4n) is 2.98. The lowest BCUT2D eigenvalue weighted by molar-refractivity contribution is 0.0936. The number of pyridine rings is 2. The number of hydrogen-bond acceptors (Lipinski definition) is 6. The predicted molar refractivity (Wildman–Crippen MR) is 113 cm³/mol. The Hall–Kier alpha value is -3.78. The monoisotopic (exact) mass is 407 g/mol. The van der Waals surface area contributed by atoms with Crippen LogP contribution in [0.15, 0.2) is 53.5 Å². The first kappa shape index (κ1) is 20.9. The Labute approximate surface area is 172 Å². The molecule has 0 aliphatic carbocycles. The molecule has 0 saturated carbocycles. The average Bonchev–Trinajstić information content (AvgIpc) is 2.76. The summed E-state index contributed by atoms with van der Waals surface area (Å²) in [7, 11) is 3.06. The Bertz CT molecular complexity index is 1200. The van der Waals surface area contributed by atoms with Crippen molar-refractivity contribution in [3.63, 3.8) is 0 Å². The van der Waals surface area contributed by atoms with Crippen molar-refractivity contribution >= 4 is 28.8 Å². The molecule has 0 atom stereocenters. The molecule has 1 aromatic carbocycles. The van der Waals surface area contributed by atoms with Gasteiger partial charge in [0.15, 0.2) is 11.5 Å². The smallest absolute Gasteiger partial charge is 0.265 e. The van der Waals surface area contributed by atoms with Crippen LogP contribution in [0.5, 0.6) is 5.75 Å². The molecular weight excluding hydrogens is 386 g/mol. The van der Waals surface area contributed by atoms with E-state index in [1.54, 1.807) is 43.5 Å². The Balaban J connectivity index is 1.88. The lowest BCUT2D eigenvalue weighted by atomic mass is 10.1. The number of nitrogens with zero attached hydrogens (tertiary/aromatic N) is 2. The van der Waals surface area contributed by atoms with Crippen molar-refractivity contribution in [3.05, 3.63) is 75.7 Å². The van der Waals surface area contributed by atoms with E-state index in [0.717, 1.165) is 0 Å². The van der Waals surface area contributed by atoms with Crippen LogP contribution in [-0.4, -0.2) is 46.6 Å². The van der Waals surface area contributed by atoms with Crippen LogP contribution >= 0.6 is 0 Å². The highest BCUT2D eigenvalue weighted by Crippen LogP contribution is 2.24. The number of aromatic hydroxyl groups is 1. The highest BCUT2D eigenvalue weighted by molar-refractivity contribution is 6.10. The van der Waals surface area contributed by atoms with Crippen LogP contribution in [-0.2, 0) is 11.8 Å². The Morgan fingerprint density at radius 2 is 2.07 bits per heavy atom. The van der Waals surface area contributed by atoms with E-state index >= 15 is 0 Å². The minimum Gasteiger partial charge on any atom is -0.505 e. The minimum absolute atomic E-state index is 0.172. The third kappa shape index (κ3) is 4.28. The summed E-state index contributed by atoms with van der Waals surface area (Å²) in [6.45, 7) is 0.783. The third-order valence-corrected chi connectivity index (χ3v) is 4.54. The molecule has 2 aromatic heterocycles. The summed E-state index contributed by atoms with van der Waals surface area (Å²) in [6.07, 6.45) is 4.14. The molecule has 1 amide bonds. The Kier molecular flexibility index (Phi) is 6.38. The van der Waals surface area contributed by atoms with Gasteiger partial charge in [0.05, 0.1) is 12.1 Å². The zero-order valence-corrected chi connectivity index (χ0v) is 16.6. The molecule has 0 saturated heterocycles. The maximum atomic E-state index is 12.7. The van der Waals surface area contributed by atoms with Crippen molar-refractivity contribution < 1.29 is 19.4 Å². The lowest BCUT2D eigenvalue weighted by Gasteiger charge is -2.09. The van der Waals surface area contributed by atoms with E-state index in [1.165, 1.54) is 30.0 Å². The molecule has 0 unspecified atom stereocenters. The number of aromatic nitrogens is 2. The van der Waals surface area contributed by atoms with Gasteiger partial charge in [-0.05, 0) is 35.9 Å². The van der Waals surface area contributed by atoms with Gasteiger partial charge in [0.1, 0.15) is 11.1 Å². The van der Waals surface area contributed by atoms with Gasteiger partial charge in [-0.15, -0.1) is 0 Å². The van der Waals surface area contributed by atoms with E-state index in [4.69, 9.17) is 4.74 Å². The lowest BCUT2D eigenvalue weighted by Crippen LogP contribution is -2.26. The molecule has 3 rings (SSSR count). The Morgan fingerprint density at radius 3 is 2.83 bits per heavy atom. The maximum Gasteiger partial charge on any atom is 0.265 e. The summed E-state index contributed by atoms with van der Waals surface area (Å²) >= 11 is 0. The maximum absolute atomic E-state index is 12.7. The zero-order valence-electron chi connectivity index (χ0n) is 16.6. The molecule has 0 aliphatic rings. The highest BCUT2D eigenvalue weighted by atomic mass is 16.5. The fraction of sp³-hybridized carbons (Fsp3) is 0.182. The van der Waals surface area contributed by atoms with E-state index in [9.17, 15) is 19.5 Å². The molecule has 3 aromatic rings. The molecule has 0 spiro atoms. The molecular formula is C22H21N3O5. The number of aryl methyl sites for hydroxylation is 1. The van der Waals surface area contributed by atoms with E-state index in [2.05, 4.69) is 10.3 Å². The Morgan fingerprint density at radius 1 is 1.27 bits per heavy atom. The summed E-state index contributed by atoms with van der Waals surface area (Å²) in [4.78, 5) is 41.5. The predicted octanol–water partition coefficient (Wildman–Crippen LogP) is 1.91. The molecule has 0 bridgehead atoms. The number of fused-ring (bicyclic) bond motifs is 1. The van der Waals surface area contributed by atoms with Gasteiger partial charge in [-0.25, -0.2) is 0 Å². The van der Waals surface area contributed by atoms with Gasteiger partial charge in [0, 0.05) is 32.5 Å². The van der Waals surface area contributed by atoms with Gasteiger partial charge < -0.3 is 19.7 Å². The third-order valence-electron chi connectivity index (χ3n) is 4.54. The van der Waals surface area contributed by atoms with Gasteiger partial charge in [0.2, 0.25) is 0 Å². The summed E-state index contributed by atoms with van der Waals surface area (Å²) in [5.41, 5.74) is 0.647. The van der Waals surface area contributed by atoms with Crippen molar-refractivity contribution in [2.24, 2.45) is 7.05 Å². The molecule has 0 fully saturated rings. The largest absolute Gasteiger partial charge is 0.505 e. The van der Waals surface area contributed by atoms with Crippen LogP contribution in [0.3, 0.4) is 0 Å². The normalized spacial score (nSPS) is 11.1. The molecule has 8 nitrogen and oxygen atoms in total. The second-order valence-electron chi connectivity index (χ2n) is 6.53. The van der Waals surface area contributed by atoms with Crippen molar-refractivity contribution in [2.75, 3.05) is 20.3 Å². The van der Waals surface area contributed by atoms with Crippen molar-refractivity contribution in [2.45, 2.75) is 0 Å². The molecule has 2 heterocycles. The number of hydrogen-bond donors (Lipinski definition) is 2. The molecule has 0 aliphatic heterocycles. The second kappa shape index (κ2) is 9.15. The molecule has 2 N–H and O–H groups in total. The number of carbonyl (C=O) groups excluding carboxylic acids is 2. The SMILES string of the molecule is COCCNC(=O)c1cccc(C=CC(=O)c2c(O)c3ncccc3n(C)c2=O)c1. The first-order valence-corrected chi connectivity index (χ1v) is 9.20. The van der Waals surface area contributed by atoms with Crippen LogP contribution in [0.1, 0.15) is 26.3 Å². The molecule has 0 radical (unpaired) electrons. The number of ether oxygens (including phenoxy) is 1. The van der Waals surface area contributed by atoms with Gasteiger partial charge in [-0.2, -0.15) is 0 Å². The van der Waals surface area contributed by atoms with Crippen molar-refractivity contribution in [1.29, 1.82) is 0 Å². The molecule has 30 heavy (non-hydrogen) atoms. The van der Waals surface area contributed by atoms with Gasteiger partial charge in [-0.3, -0.25) is 19.4 Å². The van der Waals surface area contributed by atoms with Crippen LogP contribution in [0.4, 0.5) is 0 Å². The van der Waals surface area contributed by atoms with Crippen LogP contribution in [0.2, 0.25) is 0 Å². The first-order valence-electron chi connectivity index (χ1n) is 9.20. The van der Waals surface area contributed by atoms with Gasteiger partial charge >= 0.3 is 0 Å². The fourth-order valence-corrected chi connectivity index (χ4v) is 2.98. The van der Waals surface area contributed by atoms with Gasteiger partial charge in [0.25, 0.3) is 11.5 Å². The van der Waals surface area contributed by atoms with Gasteiger partial charge in [-0.1, -0.05) is 18.2 Å². The summed E-state index contributed by atoms with van der Waals surface area (Å²) in [5, 5.41) is 13.2. The van der Waals surface area contributed by atoms with Crippen LogP contribution < -0.4 is 10.9 Å². The molecule has 154 valence electrons. The van der Waals surface area contributed by atoms with Crippen molar-refractivity contribution in [1.82, 2.24) is 14.9 Å². The van der Waals surface area contributed by atoms with E-state index in [-0.39, 0.29) is 17.0 Å². The summed E-state index contributed by atoms with van der Waals surface area (Å²) < 4.78 is 6.17. The number of nitrogens with one attached hydrogen (secondary N) is 1.